The van der Waals surface area contributed by atoms with Gasteiger partial charge in [0.25, 0.3) is 0 Å². The Bertz CT molecular complexity index is 1280. The fourth-order valence-electron chi connectivity index (χ4n) is 5.21. The van der Waals surface area contributed by atoms with E-state index >= 15 is 0 Å². The first kappa shape index (κ1) is 24.8. The largest absolute Gasteiger partial charge is 0.327 e. The van der Waals surface area contributed by atoms with Crippen LogP contribution >= 0.6 is 0 Å². The Kier molecular flexibility index (Phi) is 6.31. The van der Waals surface area contributed by atoms with E-state index in [2.05, 4.69) is 14.8 Å². The van der Waals surface area contributed by atoms with Crippen molar-refractivity contribution in [2.24, 2.45) is 13.0 Å². The van der Waals surface area contributed by atoms with Crippen LogP contribution in [0.15, 0.2) is 30.6 Å². The number of nitrogens with zero attached hydrogens (tertiary/aromatic N) is 5. The van der Waals surface area contributed by atoms with Crippen LogP contribution in [0.25, 0.3) is 0 Å². The Morgan fingerprint density at radius 1 is 1.19 bits per heavy atom. The van der Waals surface area contributed by atoms with Crippen LogP contribution in [0.4, 0.5) is 13.6 Å². The van der Waals surface area contributed by atoms with Crippen molar-refractivity contribution >= 4 is 22.0 Å². The molecule has 2 aliphatic carbocycles. The molecule has 0 spiro atoms. The number of pyridine rings is 1. The van der Waals surface area contributed by atoms with E-state index in [0.717, 1.165) is 4.90 Å². The van der Waals surface area contributed by atoms with E-state index in [0.29, 0.717) is 24.1 Å². The molecule has 0 aromatic carbocycles. The quantitative estimate of drug-likeness (QED) is 0.529. The van der Waals surface area contributed by atoms with Crippen molar-refractivity contribution in [3.05, 3.63) is 47.8 Å². The SMILES string of the molecule is Cn1cc(CN2C(=O)C3CC(S(=O)(=O)NC4(CF)CC4)CCC3N(Cc3cccc(F)n3)C2=O)cn1. The van der Waals surface area contributed by atoms with Crippen LogP contribution in [-0.2, 0) is 35.0 Å². The number of nitrogens with one attached hydrogen (secondary N) is 1. The van der Waals surface area contributed by atoms with Gasteiger partial charge in [0.2, 0.25) is 21.9 Å². The van der Waals surface area contributed by atoms with Crippen molar-refractivity contribution in [1.29, 1.82) is 0 Å². The van der Waals surface area contributed by atoms with Crippen LogP contribution in [-0.4, -0.2) is 68.4 Å². The van der Waals surface area contributed by atoms with Crippen LogP contribution in [0, 0.1) is 11.9 Å². The van der Waals surface area contributed by atoms with Crippen LogP contribution in [0.2, 0.25) is 0 Å². The summed E-state index contributed by atoms with van der Waals surface area (Å²) in [5.41, 5.74) is -0.0570. The maximum absolute atomic E-state index is 13.7. The lowest BCUT2D eigenvalue weighted by atomic mass is 9.80. The first-order chi connectivity index (χ1) is 17.1. The molecular weight excluding hydrogens is 494 g/mol. The maximum atomic E-state index is 13.7. The summed E-state index contributed by atoms with van der Waals surface area (Å²) in [6.07, 6.45) is 4.63. The van der Waals surface area contributed by atoms with Gasteiger partial charge in [0, 0.05) is 24.8 Å². The molecule has 1 N–H and O–H groups in total. The number of alkyl halides is 1. The molecule has 5 rings (SSSR count). The number of hydrogen-bond donors (Lipinski definition) is 1. The molecule has 3 heterocycles. The molecule has 3 fully saturated rings. The van der Waals surface area contributed by atoms with Gasteiger partial charge < -0.3 is 4.90 Å². The highest BCUT2D eigenvalue weighted by Gasteiger charge is 2.53. The highest BCUT2D eigenvalue weighted by atomic mass is 32.2. The van der Waals surface area contributed by atoms with E-state index in [4.69, 9.17) is 0 Å². The molecule has 1 aliphatic heterocycles. The first-order valence-electron chi connectivity index (χ1n) is 11.9. The lowest BCUT2D eigenvalue weighted by Crippen LogP contribution is -2.63. The third-order valence-corrected chi connectivity index (χ3v) is 9.36. The summed E-state index contributed by atoms with van der Waals surface area (Å²) >= 11 is 0. The predicted molar refractivity (Wildman–Crippen MR) is 124 cm³/mol. The smallest absolute Gasteiger partial charge is 0.315 e. The number of rotatable bonds is 8. The normalized spacial score (nSPS) is 25.7. The Balaban J connectivity index is 1.43. The summed E-state index contributed by atoms with van der Waals surface area (Å²) in [6.45, 7) is -0.816. The van der Waals surface area contributed by atoms with E-state index in [1.165, 1.54) is 17.0 Å². The van der Waals surface area contributed by atoms with Crippen molar-refractivity contribution in [1.82, 2.24) is 29.3 Å². The fraction of sp³-hybridized carbons (Fsp3) is 0.565. The van der Waals surface area contributed by atoms with Crippen molar-refractivity contribution in [3.8, 4) is 0 Å². The van der Waals surface area contributed by atoms with Crippen molar-refractivity contribution < 1.29 is 26.8 Å². The number of imide groups is 1. The number of amides is 3. The zero-order valence-electron chi connectivity index (χ0n) is 19.8. The number of carbonyl (C=O) groups excluding carboxylic acids is 2. The summed E-state index contributed by atoms with van der Waals surface area (Å²) in [4.78, 5) is 33.5. The van der Waals surface area contributed by atoms with Gasteiger partial charge in [0.15, 0.2) is 0 Å². The van der Waals surface area contributed by atoms with E-state index in [1.807, 2.05) is 0 Å². The molecule has 3 atom stereocenters. The zero-order valence-corrected chi connectivity index (χ0v) is 20.6. The van der Waals surface area contributed by atoms with Crippen LogP contribution in [0.3, 0.4) is 0 Å². The molecule has 0 radical (unpaired) electrons. The van der Waals surface area contributed by atoms with Gasteiger partial charge in [-0.15, -0.1) is 0 Å². The van der Waals surface area contributed by atoms with Crippen LogP contribution in [0.5, 0.6) is 0 Å². The van der Waals surface area contributed by atoms with Gasteiger partial charge in [0.05, 0.1) is 41.7 Å². The fourth-order valence-corrected chi connectivity index (χ4v) is 7.14. The molecule has 10 nitrogen and oxygen atoms in total. The Morgan fingerprint density at radius 2 is 1.97 bits per heavy atom. The molecular formula is C23H28F2N6O4S. The predicted octanol–water partition coefficient (Wildman–Crippen LogP) is 1.88. The average molecular weight is 523 g/mol. The number of aryl methyl sites for hydroxylation is 1. The Hall–Kier alpha value is -2.93. The van der Waals surface area contributed by atoms with Crippen LogP contribution in [0.1, 0.15) is 43.4 Å². The number of aromatic nitrogens is 3. The summed E-state index contributed by atoms with van der Waals surface area (Å²) in [5.74, 6) is -1.91. The standard InChI is InChI=1S/C23H28F2N6O4S/c1-29-11-15(10-26-29)12-31-21(32)18-9-17(36(34,35)28-23(14-24)7-8-23)5-6-19(18)30(22(31)33)13-16-3-2-4-20(25)27-16/h2-4,10-11,17-19,28H,5-9,12-14H2,1H3. The number of halogens is 2. The second-order valence-electron chi connectivity index (χ2n) is 9.98. The molecule has 3 amide bonds. The first-order valence-corrected chi connectivity index (χ1v) is 13.5. The zero-order chi connectivity index (χ0) is 25.7. The summed E-state index contributed by atoms with van der Waals surface area (Å²) in [7, 11) is -2.16. The van der Waals surface area contributed by atoms with Gasteiger partial charge in [-0.25, -0.2) is 27.3 Å². The summed E-state index contributed by atoms with van der Waals surface area (Å²) in [5, 5.41) is 3.21. The third-order valence-electron chi connectivity index (χ3n) is 7.34. The highest BCUT2D eigenvalue weighted by molar-refractivity contribution is 7.90. The topological polar surface area (TPSA) is 117 Å². The number of urea groups is 1. The van der Waals surface area contributed by atoms with Gasteiger partial charge in [0.1, 0.15) is 6.67 Å². The van der Waals surface area contributed by atoms with Crippen LogP contribution < -0.4 is 4.72 Å². The van der Waals surface area contributed by atoms with Gasteiger partial charge in [-0.05, 0) is 44.2 Å². The van der Waals surface area contributed by atoms with Crippen molar-refractivity contribution in [3.63, 3.8) is 0 Å². The lowest BCUT2D eigenvalue weighted by molar-refractivity contribution is -0.141. The molecule has 2 aromatic heterocycles. The average Bonchev–Trinajstić information content (AvgIpc) is 3.49. The minimum absolute atomic E-state index is 0.00506. The molecule has 0 bridgehead atoms. The molecule has 13 heteroatoms. The number of fused-ring (bicyclic) bond motifs is 1. The van der Waals surface area contributed by atoms with Gasteiger partial charge in [-0.2, -0.15) is 9.49 Å². The summed E-state index contributed by atoms with van der Waals surface area (Å²) in [6, 6.07) is 3.21. The maximum Gasteiger partial charge on any atom is 0.327 e. The minimum Gasteiger partial charge on any atom is -0.315 e. The number of hydrogen-bond acceptors (Lipinski definition) is 6. The number of sulfonamides is 1. The van der Waals surface area contributed by atoms with Gasteiger partial charge in [-0.3, -0.25) is 14.4 Å². The second kappa shape index (κ2) is 9.18. The molecule has 36 heavy (non-hydrogen) atoms. The molecule has 2 aromatic rings. The molecule has 1 saturated heterocycles. The third kappa shape index (κ3) is 4.73. The molecule has 194 valence electrons. The molecule has 3 unspecified atom stereocenters. The molecule has 3 aliphatic rings. The number of carbonyl (C=O) groups is 2. The second-order valence-corrected chi connectivity index (χ2v) is 11.9. The van der Waals surface area contributed by atoms with Crippen molar-refractivity contribution in [2.45, 2.75) is 62.0 Å². The van der Waals surface area contributed by atoms with E-state index in [-0.39, 0.29) is 32.4 Å². The van der Waals surface area contributed by atoms with Gasteiger partial charge >= 0.3 is 6.03 Å². The Labute approximate surface area is 207 Å². The molecule has 2 saturated carbocycles. The monoisotopic (exact) mass is 522 g/mol. The van der Waals surface area contributed by atoms with E-state index in [1.54, 1.807) is 30.2 Å². The summed E-state index contributed by atoms with van der Waals surface area (Å²) < 4.78 is 57.4. The lowest BCUT2D eigenvalue weighted by Gasteiger charge is -2.48. The van der Waals surface area contributed by atoms with Gasteiger partial charge in [-0.1, -0.05) is 6.07 Å². The minimum atomic E-state index is -3.87. The Morgan fingerprint density at radius 3 is 2.61 bits per heavy atom. The van der Waals surface area contributed by atoms with Crippen molar-refractivity contribution in [2.75, 3.05) is 6.67 Å². The van der Waals surface area contributed by atoms with E-state index < -0.39 is 57.3 Å². The highest BCUT2D eigenvalue weighted by Crippen LogP contribution is 2.41. The van der Waals surface area contributed by atoms with E-state index in [9.17, 15) is 26.8 Å².